The Labute approximate surface area is 136 Å². The smallest absolute Gasteiger partial charge is 0.0833 e. The number of aliphatic hydroxyl groups excluding tert-OH is 1. The molecule has 0 fully saturated rings. The minimum Gasteiger partial charge on any atom is -0.388 e. The van der Waals surface area contributed by atoms with Crippen molar-refractivity contribution in [2.75, 3.05) is 0 Å². The van der Waals surface area contributed by atoms with E-state index in [0.29, 0.717) is 16.5 Å². The lowest BCUT2D eigenvalue weighted by molar-refractivity contribution is 0.176. The average Bonchev–Trinajstić information content (AvgIpc) is 2.41. The zero-order chi connectivity index (χ0) is 15.6. The van der Waals surface area contributed by atoms with Crippen LogP contribution in [0.5, 0.6) is 0 Å². The van der Waals surface area contributed by atoms with Crippen molar-refractivity contribution in [1.82, 2.24) is 0 Å². The first-order valence-electron chi connectivity index (χ1n) is 7.00. The Morgan fingerprint density at radius 2 is 1.71 bits per heavy atom. The quantitative estimate of drug-likeness (QED) is 0.783. The molecule has 0 aliphatic heterocycles. The molecule has 0 bridgehead atoms. The van der Waals surface area contributed by atoms with E-state index < -0.39 is 6.10 Å². The molecule has 1 unspecified atom stereocenters. The second-order valence-electron chi connectivity index (χ2n) is 6.29. The van der Waals surface area contributed by atoms with Crippen LogP contribution in [0.1, 0.15) is 43.6 Å². The van der Waals surface area contributed by atoms with Crippen molar-refractivity contribution >= 4 is 23.2 Å². The van der Waals surface area contributed by atoms with Crippen LogP contribution in [0.2, 0.25) is 10.0 Å². The molecule has 0 radical (unpaired) electrons. The molecule has 2 aromatic carbocycles. The van der Waals surface area contributed by atoms with Gasteiger partial charge < -0.3 is 5.11 Å². The van der Waals surface area contributed by atoms with Gasteiger partial charge in [0.15, 0.2) is 0 Å². The van der Waals surface area contributed by atoms with Gasteiger partial charge in [0.25, 0.3) is 0 Å². The third-order valence-corrected chi connectivity index (χ3v) is 4.14. The van der Waals surface area contributed by atoms with Crippen LogP contribution in [0, 0.1) is 0 Å². The highest BCUT2D eigenvalue weighted by atomic mass is 35.5. The van der Waals surface area contributed by atoms with Crippen LogP contribution in [0.4, 0.5) is 0 Å². The fourth-order valence-corrected chi connectivity index (χ4v) is 2.96. The lowest BCUT2D eigenvalue weighted by Gasteiger charge is -2.25. The van der Waals surface area contributed by atoms with Crippen molar-refractivity contribution in [1.29, 1.82) is 0 Å². The van der Waals surface area contributed by atoms with E-state index in [1.165, 1.54) is 0 Å². The van der Waals surface area contributed by atoms with Gasteiger partial charge in [-0.3, -0.25) is 0 Å². The standard InChI is InChI=1S/C18H20Cl2O/c1-18(2,3)15-7-5-4-6-14(15)17(21)10-12-8-9-13(19)11-16(12)20/h4-9,11,17,21H,10H2,1-3H3. The van der Waals surface area contributed by atoms with Crippen LogP contribution in [-0.2, 0) is 11.8 Å². The van der Waals surface area contributed by atoms with E-state index in [0.717, 1.165) is 16.7 Å². The molecule has 0 aliphatic carbocycles. The zero-order valence-electron chi connectivity index (χ0n) is 12.5. The summed E-state index contributed by atoms with van der Waals surface area (Å²) in [6.45, 7) is 6.44. The Hall–Kier alpha value is -1.02. The number of rotatable bonds is 3. The van der Waals surface area contributed by atoms with Crippen LogP contribution in [0.3, 0.4) is 0 Å². The molecule has 21 heavy (non-hydrogen) atoms. The van der Waals surface area contributed by atoms with E-state index in [4.69, 9.17) is 23.2 Å². The Morgan fingerprint density at radius 3 is 2.33 bits per heavy atom. The van der Waals surface area contributed by atoms with Crippen molar-refractivity contribution in [3.05, 3.63) is 69.2 Å². The lowest BCUT2D eigenvalue weighted by atomic mass is 9.81. The van der Waals surface area contributed by atoms with E-state index in [2.05, 4.69) is 26.8 Å². The van der Waals surface area contributed by atoms with E-state index in [1.807, 2.05) is 24.3 Å². The largest absolute Gasteiger partial charge is 0.388 e. The van der Waals surface area contributed by atoms with Crippen LogP contribution < -0.4 is 0 Å². The van der Waals surface area contributed by atoms with E-state index in [1.54, 1.807) is 12.1 Å². The van der Waals surface area contributed by atoms with Crippen molar-refractivity contribution in [2.24, 2.45) is 0 Å². The topological polar surface area (TPSA) is 20.2 Å². The average molecular weight is 323 g/mol. The molecule has 0 saturated heterocycles. The summed E-state index contributed by atoms with van der Waals surface area (Å²) in [6, 6.07) is 13.4. The van der Waals surface area contributed by atoms with E-state index >= 15 is 0 Å². The molecule has 1 atom stereocenters. The monoisotopic (exact) mass is 322 g/mol. The van der Waals surface area contributed by atoms with Crippen LogP contribution in [0.15, 0.2) is 42.5 Å². The lowest BCUT2D eigenvalue weighted by Crippen LogP contribution is -2.17. The fourth-order valence-electron chi connectivity index (χ4n) is 2.48. The van der Waals surface area contributed by atoms with Gasteiger partial charge in [-0.25, -0.2) is 0 Å². The first-order chi connectivity index (χ1) is 9.79. The molecule has 0 aromatic heterocycles. The fraction of sp³-hybridized carbons (Fsp3) is 0.333. The summed E-state index contributed by atoms with van der Waals surface area (Å²) in [6.07, 6.45) is -0.109. The molecule has 0 heterocycles. The maximum absolute atomic E-state index is 10.6. The third-order valence-electron chi connectivity index (χ3n) is 3.56. The summed E-state index contributed by atoms with van der Waals surface area (Å²) < 4.78 is 0. The molecule has 1 nitrogen and oxygen atoms in total. The second-order valence-corrected chi connectivity index (χ2v) is 7.14. The molecule has 112 valence electrons. The Morgan fingerprint density at radius 1 is 1.05 bits per heavy atom. The number of aliphatic hydroxyl groups is 1. The Balaban J connectivity index is 2.31. The number of hydrogen-bond acceptors (Lipinski definition) is 1. The van der Waals surface area contributed by atoms with Gasteiger partial charge in [-0.2, -0.15) is 0 Å². The number of halogens is 2. The van der Waals surface area contributed by atoms with Crippen LogP contribution in [0.25, 0.3) is 0 Å². The minimum atomic E-state index is -0.584. The molecule has 0 saturated carbocycles. The van der Waals surface area contributed by atoms with Crippen molar-refractivity contribution in [2.45, 2.75) is 38.7 Å². The molecule has 2 rings (SSSR count). The molecule has 3 heteroatoms. The van der Waals surface area contributed by atoms with Gasteiger partial charge in [-0.15, -0.1) is 0 Å². The predicted octanol–water partition coefficient (Wildman–Crippen LogP) is 5.57. The normalized spacial score (nSPS) is 13.2. The molecular formula is C18H20Cl2O. The SMILES string of the molecule is CC(C)(C)c1ccccc1C(O)Cc1ccc(Cl)cc1Cl. The van der Waals surface area contributed by atoms with E-state index in [9.17, 15) is 5.11 Å². The zero-order valence-corrected chi connectivity index (χ0v) is 14.0. The van der Waals surface area contributed by atoms with Gasteiger partial charge in [0, 0.05) is 16.5 Å². The maximum atomic E-state index is 10.6. The highest BCUT2D eigenvalue weighted by Gasteiger charge is 2.22. The molecule has 0 aliphatic rings. The van der Waals surface area contributed by atoms with Crippen LogP contribution in [-0.4, -0.2) is 5.11 Å². The molecular weight excluding hydrogens is 303 g/mol. The van der Waals surface area contributed by atoms with Crippen molar-refractivity contribution < 1.29 is 5.11 Å². The summed E-state index contributed by atoms with van der Waals surface area (Å²) in [4.78, 5) is 0. The summed E-state index contributed by atoms with van der Waals surface area (Å²) in [7, 11) is 0. The molecule has 2 aromatic rings. The van der Waals surface area contributed by atoms with Crippen molar-refractivity contribution in [3.63, 3.8) is 0 Å². The van der Waals surface area contributed by atoms with Gasteiger partial charge in [0.05, 0.1) is 6.10 Å². The summed E-state index contributed by atoms with van der Waals surface area (Å²) in [5, 5.41) is 11.8. The number of hydrogen-bond donors (Lipinski definition) is 1. The Kier molecular flexibility index (Phi) is 4.98. The van der Waals surface area contributed by atoms with Crippen molar-refractivity contribution in [3.8, 4) is 0 Å². The molecule has 0 amide bonds. The third kappa shape index (κ3) is 4.00. The first kappa shape index (κ1) is 16.4. The molecule has 1 N–H and O–H groups in total. The minimum absolute atomic E-state index is 0.0125. The Bertz CT molecular complexity index is 629. The van der Waals surface area contributed by atoms with E-state index in [-0.39, 0.29) is 5.41 Å². The van der Waals surface area contributed by atoms with Gasteiger partial charge in [-0.1, -0.05) is 74.3 Å². The highest BCUT2D eigenvalue weighted by molar-refractivity contribution is 6.35. The van der Waals surface area contributed by atoms with Gasteiger partial charge in [0.2, 0.25) is 0 Å². The van der Waals surface area contributed by atoms with Gasteiger partial charge in [-0.05, 0) is 34.2 Å². The highest BCUT2D eigenvalue weighted by Crippen LogP contribution is 2.32. The predicted molar refractivity (Wildman–Crippen MR) is 90.3 cm³/mol. The maximum Gasteiger partial charge on any atom is 0.0833 e. The second kappa shape index (κ2) is 6.39. The first-order valence-corrected chi connectivity index (χ1v) is 7.76. The van der Waals surface area contributed by atoms with Gasteiger partial charge in [0.1, 0.15) is 0 Å². The summed E-state index contributed by atoms with van der Waals surface area (Å²) in [5.41, 5.74) is 3.00. The van der Waals surface area contributed by atoms with Gasteiger partial charge >= 0.3 is 0 Å². The van der Waals surface area contributed by atoms with Crippen LogP contribution >= 0.6 is 23.2 Å². The molecule has 0 spiro atoms. The number of benzene rings is 2. The summed E-state index contributed by atoms with van der Waals surface area (Å²) >= 11 is 12.1. The summed E-state index contributed by atoms with van der Waals surface area (Å²) in [5.74, 6) is 0.